The van der Waals surface area contributed by atoms with Crippen LogP contribution in [-0.4, -0.2) is 16.5 Å². The molecule has 0 aliphatic heterocycles. The van der Waals surface area contributed by atoms with Crippen molar-refractivity contribution in [2.45, 2.75) is 84.7 Å². The minimum atomic E-state index is -0.490. The smallest absolute Gasteiger partial charge is 0.133 e. The van der Waals surface area contributed by atoms with Crippen LogP contribution < -0.4 is 0 Å². The lowest BCUT2D eigenvalue weighted by atomic mass is 9.50. The summed E-state index contributed by atoms with van der Waals surface area (Å²) in [7, 11) is 0. The van der Waals surface area contributed by atoms with Crippen molar-refractivity contribution in [2.24, 2.45) is 35.0 Å². The zero-order valence-corrected chi connectivity index (χ0v) is 15.9. The van der Waals surface area contributed by atoms with Gasteiger partial charge >= 0.3 is 0 Å². The maximum Gasteiger partial charge on any atom is 0.133 e. The van der Waals surface area contributed by atoms with Crippen LogP contribution in [0.2, 0.25) is 0 Å². The summed E-state index contributed by atoms with van der Waals surface area (Å²) in [6.07, 6.45) is 9.15. The van der Waals surface area contributed by atoms with E-state index < -0.39 is 5.60 Å². The highest BCUT2D eigenvalue weighted by atomic mass is 16.3. The topological polar surface area (TPSA) is 37.3 Å². The number of fused-ring (bicyclic) bond motifs is 5. The molecule has 0 saturated heterocycles. The number of Topliss-reactive ketones (excluding diaryl/α,β-unsaturated/α-hetero) is 1. The van der Waals surface area contributed by atoms with Crippen molar-refractivity contribution >= 4 is 5.78 Å². The predicted molar refractivity (Wildman–Crippen MR) is 96.5 cm³/mol. The molecule has 134 valence electrons. The molecule has 0 unspecified atom stereocenters. The zero-order chi connectivity index (χ0) is 17.3. The number of aliphatic hydroxyl groups is 1. The summed E-state index contributed by atoms with van der Waals surface area (Å²) in [6, 6.07) is 0. The lowest BCUT2D eigenvalue weighted by Crippen LogP contribution is -2.48. The van der Waals surface area contributed by atoms with Crippen LogP contribution in [0, 0.1) is 35.0 Å². The van der Waals surface area contributed by atoms with E-state index in [1.807, 2.05) is 13.8 Å². The van der Waals surface area contributed by atoms with Gasteiger partial charge in [0.05, 0.1) is 5.60 Å². The molecule has 0 radical (unpaired) electrons. The molecule has 1 N–H and O–H groups in total. The predicted octanol–water partition coefficient (Wildman–Crippen LogP) is 4.91. The minimum Gasteiger partial charge on any atom is -0.390 e. The average molecular weight is 331 g/mol. The number of hydrogen-bond acceptors (Lipinski definition) is 2. The molecule has 7 atom stereocenters. The number of rotatable bonds is 1. The van der Waals surface area contributed by atoms with Gasteiger partial charge in [0, 0.05) is 5.92 Å². The van der Waals surface area contributed by atoms with Crippen LogP contribution in [0.1, 0.15) is 79.1 Å². The molecule has 2 nitrogen and oxygen atoms in total. The highest BCUT2D eigenvalue weighted by molar-refractivity contribution is 5.79. The Labute approximate surface area is 147 Å². The first kappa shape index (κ1) is 16.8. The largest absolute Gasteiger partial charge is 0.390 e. The van der Waals surface area contributed by atoms with E-state index in [2.05, 4.69) is 13.8 Å². The standard InChI is InChI=1S/C22H34O2/c1-13-11-17-15(16-7-9-21(3,24)12-18(13)16)8-10-22(4)19(14(2)23)5-6-20(17)22/h15-17,19-20,24H,5-12H2,1-4H3/t15-,16-,17-,19-,20+,21+,22-/m1/s1. The molecule has 0 heterocycles. The third-order valence-corrected chi connectivity index (χ3v) is 8.60. The van der Waals surface area contributed by atoms with E-state index in [0.29, 0.717) is 17.6 Å². The minimum absolute atomic E-state index is 0.255. The van der Waals surface area contributed by atoms with E-state index in [-0.39, 0.29) is 5.41 Å². The number of ketones is 1. The molecule has 0 spiro atoms. The summed E-state index contributed by atoms with van der Waals surface area (Å²) in [4.78, 5) is 12.2. The van der Waals surface area contributed by atoms with Crippen molar-refractivity contribution in [1.29, 1.82) is 0 Å². The number of carbonyl (C=O) groups excluding carboxylic acids is 1. The van der Waals surface area contributed by atoms with Crippen LogP contribution in [0.15, 0.2) is 11.1 Å². The van der Waals surface area contributed by atoms with Crippen molar-refractivity contribution in [3.8, 4) is 0 Å². The van der Waals surface area contributed by atoms with Gasteiger partial charge in [0.2, 0.25) is 0 Å². The lowest BCUT2D eigenvalue weighted by molar-refractivity contribution is -0.126. The lowest BCUT2D eigenvalue weighted by Gasteiger charge is -2.55. The molecule has 24 heavy (non-hydrogen) atoms. The van der Waals surface area contributed by atoms with Crippen LogP contribution in [0.5, 0.6) is 0 Å². The fourth-order valence-corrected chi connectivity index (χ4v) is 7.47. The van der Waals surface area contributed by atoms with Crippen LogP contribution in [0.3, 0.4) is 0 Å². The van der Waals surface area contributed by atoms with Gasteiger partial charge in [-0.15, -0.1) is 0 Å². The Hall–Kier alpha value is -0.630. The second kappa shape index (κ2) is 5.43. The highest BCUT2D eigenvalue weighted by Crippen LogP contribution is 2.64. The van der Waals surface area contributed by atoms with Crippen molar-refractivity contribution in [3.05, 3.63) is 11.1 Å². The Morgan fingerprint density at radius 2 is 1.83 bits per heavy atom. The molecule has 0 bridgehead atoms. The second-order valence-electron chi connectivity index (χ2n) is 10.0. The van der Waals surface area contributed by atoms with Crippen LogP contribution in [-0.2, 0) is 4.79 Å². The third kappa shape index (κ3) is 2.35. The first-order valence-corrected chi connectivity index (χ1v) is 10.1. The van der Waals surface area contributed by atoms with Crippen LogP contribution >= 0.6 is 0 Å². The summed E-state index contributed by atoms with van der Waals surface area (Å²) >= 11 is 0. The average Bonchev–Trinajstić information content (AvgIpc) is 2.85. The van der Waals surface area contributed by atoms with Crippen LogP contribution in [0.4, 0.5) is 0 Å². The molecule has 0 aromatic heterocycles. The molecule has 0 amide bonds. The van der Waals surface area contributed by atoms with Crippen LogP contribution in [0.25, 0.3) is 0 Å². The van der Waals surface area contributed by atoms with E-state index >= 15 is 0 Å². The molecule has 0 aromatic carbocycles. The second-order valence-corrected chi connectivity index (χ2v) is 10.0. The molecular formula is C22H34O2. The van der Waals surface area contributed by atoms with Gasteiger partial charge in [-0.1, -0.05) is 18.1 Å². The number of hydrogen-bond donors (Lipinski definition) is 1. The summed E-state index contributed by atoms with van der Waals surface area (Å²) in [5.41, 5.74) is 2.93. The molecule has 0 aromatic rings. The van der Waals surface area contributed by atoms with E-state index in [0.717, 1.165) is 37.0 Å². The Morgan fingerprint density at radius 1 is 1.08 bits per heavy atom. The molecule has 4 aliphatic carbocycles. The van der Waals surface area contributed by atoms with E-state index in [1.165, 1.54) is 32.1 Å². The molecule has 3 fully saturated rings. The van der Waals surface area contributed by atoms with Gasteiger partial charge in [0.15, 0.2) is 0 Å². The summed E-state index contributed by atoms with van der Waals surface area (Å²) in [5, 5.41) is 10.5. The van der Waals surface area contributed by atoms with Crippen molar-refractivity contribution in [2.75, 3.05) is 0 Å². The maximum absolute atomic E-state index is 12.2. The number of carbonyl (C=O) groups is 1. The number of allylic oxidation sites excluding steroid dienone is 1. The molecule has 2 heteroatoms. The van der Waals surface area contributed by atoms with Crippen molar-refractivity contribution < 1.29 is 9.90 Å². The zero-order valence-electron chi connectivity index (χ0n) is 15.9. The monoisotopic (exact) mass is 330 g/mol. The third-order valence-electron chi connectivity index (χ3n) is 8.60. The summed E-state index contributed by atoms with van der Waals surface area (Å²) in [5.74, 6) is 3.78. The highest BCUT2D eigenvalue weighted by Gasteiger charge is 2.57. The Bertz CT molecular complexity index is 587. The van der Waals surface area contributed by atoms with E-state index in [9.17, 15) is 9.90 Å². The molecule has 4 aliphatic rings. The fraction of sp³-hybridized carbons (Fsp3) is 0.864. The Balaban J connectivity index is 1.65. The van der Waals surface area contributed by atoms with Gasteiger partial charge in [0.25, 0.3) is 0 Å². The van der Waals surface area contributed by atoms with Gasteiger partial charge in [-0.05, 0) is 101 Å². The Kier molecular flexibility index (Phi) is 3.81. The van der Waals surface area contributed by atoms with E-state index in [4.69, 9.17) is 0 Å². The van der Waals surface area contributed by atoms with E-state index in [1.54, 1.807) is 11.1 Å². The maximum atomic E-state index is 12.2. The first-order chi connectivity index (χ1) is 11.2. The Morgan fingerprint density at radius 3 is 2.54 bits per heavy atom. The van der Waals surface area contributed by atoms with Gasteiger partial charge in [-0.3, -0.25) is 4.79 Å². The SMILES string of the molecule is CC(=O)[C@H]1CC[C@H]2[C@@H]3CC(C)=C4C[C@@](C)(O)CC[C@@H]4[C@H]3CC[C@]12C. The molecule has 4 rings (SSSR count). The molecule has 3 saturated carbocycles. The van der Waals surface area contributed by atoms with Gasteiger partial charge in [0.1, 0.15) is 5.78 Å². The van der Waals surface area contributed by atoms with Gasteiger partial charge in [-0.2, -0.15) is 0 Å². The molecular weight excluding hydrogens is 296 g/mol. The van der Waals surface area contributed by atoms with Crippen molar-refractivity contribution in [3.63, 3.8) is 0 Å². The summed E-state index contributed by atoms with van der Waals surface area (Å²) < 4.78 is 0. The fourth-order valence-electron chi connectivity index (χ4n) is 7.47. The van der Waals surface area contributed by atoms with Gasteiger partial charge in [-0.25, -0.2) is 0 Å². The normalized spacial score (nSPS) is 51.0. The van der Waals surface area contributed by atoms with Gasteiger partial charge < -0.3 is 5.11 Å². The summed E-state index contributed by atoms with van der Waals surface area (Å²) in [6.45, 7) is 8.58. The van der Waals surface area contributed by atoms with Crippen molar-refractivity contribution in [1.82, 2.24) is 0 Å². The first-order valence-electron chi connectivity index (χ1n) is 10.1. The quantitative estimate of drug-likeness (QED) is 0.694.